The van der Waals surface area contributed by atoms with Crippen molar-refractivity contribution in [2.45, 2.75) is 58.0 Å². The number of alkyl halides is 6. The normalized spacial score (nSPS) is 13.4. The van der Waals surface area contributed by atoms with Crippen LogP contribution in [0, 0.1) is 24.7 Å². The van der Waals surface area contributed by atoms with Crippen molar-refractivity contribution >= 4 is 25.9 Å². The van der Waals surface area contributed by atoms with E-state index in [1.165, 1.54) is 5.56 Å². The molecule has 46 heavy (non-hydrogen) atoms. The molecule has 264 valence electrons. The van der Waals surface area contributed by atoms with E-state index in [4.69, 9.17) is 32.9 Å². The quantitative estimate of drug-likeness (QED) is 0.0797. The third kappa shape index (κ3) is 23.5. The Morgan fingerprint density at radius 2 is 1.20 bits per heavy atom. The van der Waals surface area contributed by atoms with Crippen LogP contribution in [0.2, 0.25) is 0 Å². The van der Waals surface area contributed by atoms with Crippen molar-refractivity contribution in [1.29, 1.82) is 0 Å². The Balaban J connectivity index is -0.000000245. The Bertz CT molecular complexity index is 1210. The number of hydrogen-bond acceptors (Lipinski definition) is 8. The van der Waals surface area contributed by atoms with E-state index in [0.717, 1.165) is 11.5 Å². The topological polar surface area (TPSA) is 155 Å². The van der Waals surface area contributed by atoms with Crippen molar-refractivity contribution in [3.05, 3.63) is 77.9 Å². The second-order valence-electron chi connectivity index (χ2n) is 9.97. The van der Waals surface area contributed by atoms with Crippen LogP contribution in [0.4, 0.5) is 26.3 Å². The van der Waals surface area contributed by atoms with Gasteiger partial charge in [0.25, 0.3) is 0 Å². The molecule has 1 aliphatic rings. The average molecular weight is 792 g/mol. The first-order valence-electron chi connectivity index (χ1n) is 12.7. The first kappa shape index (κ1) is 51.1. The van der Waals surface area contributed by atoms with Gasteiger partial charge in [0.05, 0.1) is 13.2 Å². The van der Waals surface area contributed by atoms with E-state index in [2.05, 4.69) is 37.2 Å². The van der Waals surface area contributed by atoms with E-state index in [1.807, 2.05) is 62.4 Å². The number of hydrogen-bond donors (Lipinski definition) is 0. The molecule has 0 aromatic heterocycles. The molecule has 1 aliphatic carbocycles. The Labute approximate surface area is 283 Å². The monoisotopic (exact) mass is 793 g/mol. The van der Waals surface area contributed by atoms with Crippen LogP contribution in [0.3, 0.4) is 0 Å². The van der Waals surface area contributed by atoms with Gasteiger partial charge in [-0.1, -0.05) is 44.2 Å². The van der Waals surface area contributed by atoms with Crippen molar-refractivity contribution in [2.75, 3.05) is 27.4 Å². The number of methoxy groups -OCH3 is 2. The van der Waals surface area contributed by atoms with Crippen LogP contribution >= 0.6 is 0 Å². The van der Waals surface area contributed by atoms with Crippen molar-refractivity contribution in [1.82, 2.24) is 0 Å². The molecule has 0 unspecified atom stereocenters. The molecular weight excluding hydrogens is 752 g/mol. The number of halogens is 6. The summed E-state index contributed by atoms with van der Waals surface area (Å²) in [4.78, 5) is 0. The van der Waals surface area contributed by atoms with Crippen LogP contribution in [-0.2, 0) is 56.2 Å². The summed E-state index contributed by atoms with van der Waals surface area (Å²) in [5.74, 6) is 1.82. The molecule has 0 amide bonds. The molecule has 0 spiro atoms. The minimum absolute atomic E-state index is 0. The molecular formula is C28H39F6MoNO8S2. The largest absolute Gasteiger partial charge is 2.00 e. The van der Waals surface area contributed by atoms with Crippen molar-refractivity contribution in [2.24, 2.45) is 11.8 Å². The second kappa shape index (κ2) is 22.8. The standard InChI is InChI=1S/C12H17N.C10H12.C4H10O2.2CHF3O3S.Mo/c1-8(2)10-6-5-7-11(9(3)4)12(10)13;1-10(2,3)9-7-5-4-6-8-9;1-5-3-4-6-2;2*2-1(3,4)8(5,6)7;/h5-9H,1-4H3;1,4-8H,2-3H3;3-4H2,1-2H3;2*(H,5,6,7);/q;;;;;+2/p-2. The first-order valence-corrected chi connectivity index (χ1v) is 15.6. The van der Waals surface area contributed by atoms with E-state index in [1.54, 1.807) is 14.2 Å². The molecule has 0 saturated heterocycles. The number of ether oxygens (including phenoxy) is 2. The van der Waals surface area contributed by atoms with Crippen LogP contribution < -0.4 is 0 Å². The molecule has 9 nitrogen and oxygen atoms in total. The van der Waals surface area contributed by atoms with Gasteiger partial charge in [0, 0.05) is 55.8 Å². The molecule has 0 fully saturated rings. The number of nitrogens with zero attached hydrogens (tertiary/aromatic N) is 1. The fraction of sp³-hybridized carbons (Fsp3) is 0.536. The van der Waals surface area contributed by atoms with E-state index in [-0.39, 0.29) is 26.5 Å². The van der Waals surface area contributed by atoms with E-state index < -0.39 is 31.3 Å². The molecule has 0 heterocycles. The van der Waals surface area contributed by atoms with Crippen LogP contribution in [0.15, 0.2) is 54.1 Å². The molecule has 1 aromatic rings. The molecule has 0 aliphatic heterocycles. The maximum atomic E-state index is 10.7. The third-order valence-electron chi connectivity index (χ3n) is 4.92. The Morgan fingerprint density at radius 1 is 0.848 bits per heavy atom. The number of benzene rings is 1. The van der Waals surface area contributed by atoms with Gasteiger partial charge in [-0.15, -0.1) is 0 Å². The Morgan fingerprint density at radius 3 is 1.41 bits per heavy atom. The zero-order valence-electron chi connectivity index (χ0n) is 26.5. The minimum Gasteiger partial charge on any atom is -0.778 e. The van der Waals surface area contributed by atoms with Gasteiger partial charge in [0.1, 0.15) is 0 Å². The van der Waals surface area contributed by atoms with Gasteiger partial charge in [-0.05, 0) is 51.3 Å². The third-order valence-corrected chi connectivity index (χ3v) is 6.05. The van der Waals surface area contributed by atoms with Gasteiger partial charge in [0.15, 0.2) is 20.2 Å². The Kier molecular flexibility index (Phi) is 25.3. The predicted molar refractivity (Wildman–Crippen MR) is 158 cm³/mol. The van der Waals surface area contributed by atoms with Crippen molar-refractivity contribution in [3.63, 3.8) is 0 Å². The van der Waals surface area contributed by atoms with Gasteiger partial charge in [-0.2, -0.15) is 26.3 Å². The van der Waals surface area contributed by atoms with Crippen LogP contribution in [0.5, 0.6) is 0 Å². The second-order valence-corrected chi connectivity index (χ2v) is 12.7. The van der Waals surface area contributed by atoms with Gasteiger partial charge < -0.3 is 24.0 Å². The summed E-state index contributed by atoms with van der Waals surface area (Å²) in [6.45, 7) is 19.6. The molecule has 1 aromatic carbocycles. The molecule has 2 rings (SSSR count). The predicted octanol–water partition coefficient (Wildman–Crippen LogP) is 6.43. The van der Waals surface area contributed by atoms with Gasteiger partial charge in [-0.3, -0.25) is 0 Å². The van der Waals surface area contributed by atoms with Crippen LogP contribution in [-0.4, -0.2) is 70.1 Å². The summed E-state index contributed by atoms with van der Waals surface area (Å²) in [6, 6.07) is 10.1. The van der Waals surface area contributed by atoms with E-state index >= 15 is 0 Å². The number of rotatable bonds is 6. The maximum Gasteiger partial charge on any atom is 2.00 e. The summed E-state index contributed by atoms with van der Waals surface area (Å²) in [5.41, 5.74) is -8.80. The SMILES string of the molecule is CC(C)C1=CC=C[C+](C(C)C)C1=[N-].COCCOC.O=S(=O)([O-])C(F)(F)F.O=S(=O)([O-])C(F)(F)F.[CH]C(C)(C)c1ccccc1.[Mo+2]. The van der Waals surface area contributed by atoms with E-state index in [0.29, 0.717) is 30.8 Å². The molecule has 0 atom stereocenters. The summed E-state index contributed by atoms with van der Waals surface area (Å²) in [7, 11) is -8.88. The zero-order chi connectivity index (χ0) is 36.4. The smallest absolute Gasteiger partial charge is 0.778 e. The zero-order valence-corrected chi connectivity index (χ0v) is 30.1. The van der Waals surface area contributed by atoms with Gasteiger partial charge in [0.2, 0.25) is 0 Å². The minimum atomic E-state index is -6.09. The fourth-order valence-corrected chi connectivity index (χ4v) is 2.55. The number of allylic oxidation sites excluding steroid dienone is 4. The average Bonchev–Trinajstić information content (AvgIpc) is 2.86. The van der Waals surface area contributed by atoms with Crippen LogP contribution in [0.25, 0.3) is 5.41 Å². The fourth-order valence-electron chi connectivity index (χ4n) is 2.55. The first-order chi connectivity index (χ1) is 20.1. The molecule has 18 heteroatoms. The van der Waals surface area contributed by atoms with Crippen molar-refractivity contribution in [3.8, 4) is 0 Å². The summed E-state index contributed by atoms with van der Waals surface area (Å²) in [6.07, 6.45) is 6.00. The summed E-state index contributed by atoms with van der Waals surface area (Å²) < 4.78 is 127. The molecule has 0 bridgehead atoms. The summed E-state index contributed by atoms with van der Waals surface area (Å²) >= 11 is 0. The summed E-state index contributed by atoms with van der Waals surface area (Å²) in [5, 5.41) is 9.93. The molecule has 0 saturated carbocycles. The Hall–Kier alpha value is -1.75. The van der Waals surface area contributed by atoms with Gasteiger partial charge in [-0.25, -0.2) is 16.8 Å². The van der Waals surface area contributed by atoms with Gasteiger partial charge >= 0.3 is 32.1 Å². The molecule has 2 radical (unpaired) electrons. The van der Waals surface area contributed by atoms with Crippen molar-refractivity contribution < 1.29 is 82.8 Å². The molecule has 0 N–H and O–H groups in total. The van der Waals surface area contributed by atoms with Crippen LogP contribution in [0.1, 0.15) is 47.1 Å². The maximum absolute atomic E-state index is 10.7. The van der Waals surface area contributed by atoms with E-state index in [9.17, 15) is 31.8 Å².